The van der Waals surface area contributed by atoms with Crippen LogP contribution in [0.5, 0.6) is 0 Å². The quantitative estimate of drug-likeness (QED) is 0.159. The third kappa shape index (κ3) is 7.85. The van der Waals surface area contributed by atoms with Crippen LogP contribution in [0.2, 0.25) is 0 Å². The number of imide groups is 1. The smallest absolute Gasteiger partial charge is 0.261 e. The van der Waals surface area contributed by atoms with Gasteiger partial charge in [-0.3, -0.25) is 19.3 Å². The van der Waals surface area contributed by atoms with Crippen molar-refractivity contribution in [2.45, 2.75) is 104 Å². The van der Waals surface area contributed by atoms with Crippen LogP contribution in [0, 0.1) is 11.3 Å². The third-order valence-corrected chi connectivity index (χ3v) is 9.40. The van der Waals surface area contributed by atoms with E-state index in [-0.39, 0.29) is 42.0 Å². The predicted octanol–water partition coefficient (Wildman–Crippen LogP) is 5.52. The summed E-state index contributed by atoms with van der Waals surface area (Å²) in [5.41, 5.74) is 0.941. The molecule has 1 unspecified atom stereocenters. The number of likely N-dealkylation sites (tertiary alicyclic amines) is 1. The van der Waals surface area contributed by atoms with E-state index in [1.54, 1.807) is 24.3 Å². The fourth-order valence-electron chi connectivity index (χ4n) is 5.37. The van der Waals surface area contributed by atoms with Crippen LogP contribution >= 0.6 is 8.53 Å². The normalized spacial score (nSPS) is 19.9. The van der Waals surface area contributed by atoms with Gasteiger partial charge < -0.3 is 13.9 Å². The van der Waals surface area contributed by atoms with Crippen molar-refractivity contribution in [1.82, 2.24) is 14.5 Å². The van der Waals surface area contributed by atoms with Gasteiger partial charge in [-0.05, 0) is 65.5 Å². The minimum Gasteiger partial charge on any atom is -0.337 e. The highest BCUT2D eigenvalue weighted by atomic mass is 31.2. The molecule has 1 aromatic carbocycles. The first kappa shape index (κ1) is 31.2. The van der Waals surface area contributed by atoms with Crippen molar-refractivity contribution in [2.75, 3.05) is 19.7 Å². The lowest BCUT2D eigenvalue weighted by atomic mass is 10.1. The molecular formula is C29H43N4O5P. The molecule has 0 N–H and O–H groups in total. The van der Waals surface area contributed by atoms with Crippen molar-refractivity contribution in [3.05, 3.63) is 35.4 Å². The van der Waals surface area contributed by atoms with Crippen molar-refractivity contribution in [1.29, 1.82) is 5.26 Å². The van der Waals surface area contributed by atoms with E-state index in [0.717, 1.165) is 19.3 Å². The van der Waals surface area contributed by atoms with Crippen LogP contribution < -0.4 is 0 Å². The fourth-order valence-corrected chi connectivity index (χ4v) is 7.09. The Morgan fingerprint density at radius 1 is 1.10 bits per heavy atom. The molecule has 214 valence electrons. The molecule has 2 aliphatic rings. The number of hydrogen-bond donors (Lipinski definition) is 0. The number of hydrogen-bond acceptors (Lipinski definition) is 7. The summed E-state index contributed by atoms with van der Waals surface area (Å²) in [6, 6.07) is 9.62. The zero-order valence-corrected chi connectivity index (χ0v) is 24.9. The van der Waals surface area contributed by atoms with Crippen molar-refractivity contribution in [3.63, 3.8) is 0 Å². The van der Waals surface area contributed by atoms with Crippen LogP contribution in [0.4, 0.5) is 0 Å². The molecule has 10 heteroatoms. The average Bonchev–Trinajstić information content (AvgIpc) is 3.42. The molecule has 0 aromatic heterocycles. The summed E-state index contributed by atoms with van der Waals surface area (Å²) in [7, 11) is -1.35. The minimum atomic E-state index is -1.35. The Balaban J connectivity index is 1.48. The summed E-state index contributed by atoms with van der Waals surface area (Å²) in [5.74, 6) is -0.343. The Morgan fingerprint density at radius 3 is 2.31 bits per heavy atom. The second kappa shape index (κ2) is 14.9. The molecule has 9 nitrogen and oxygen atoms in total. The number of fused-ring (bicyclic) bond motifs is 1. The van der Waals surface area contributed by atoms with Crippen LogP contribution in [0.3, 0.4) is 0 Å². The standard InChI is InChI=1S/C29H43N4O5P/c1-6-23-19-24(38-39(37-18-12-16-30)33(21(2)3)22(4)5)20-32(23)27(34)15-8-7-11-17-31-28(35)25-13-9-10-14-26(25)29(31)36/h9-10,13-14,21-24H,6-8,11-12,15,17-20H2,1-5H3/t23-,24-,39?/m1/s1. The first-order chi connectivity index (χ1) is 18.7. The second-order valence-corrected chi connectivity index (χ2v) is 12.1. The van der Waals surface area contributed by atoms with Crippen molar-refractivity contribution in [2.24, 2.45) is 0 Å². The molecule has 0 bridgehead atoms. The highest BCUT2D eigenvalue weighted by Gasteiger charge is 2.38. The minimum absolute atomic E-state index is 0.110. The Kier molecular flexibility index (Phi) is 11.9. The number of benzene rings is 1. The second-order valence-electron chi connectivity index (χ2n) is 10.7. The molecule has 1 fully saturated rings. The molecule has 0 radical (unpaired) electrons. The molecule has 3 rings (SSSR count). The van der Waals surface area contributed by atoms with Gasteiger partial charge in [0.2, 0.25) is 5.91 Å². The summed E-state index contributed by atoms with van der Waals surface area (Å²) < 4.78 is 14.8. The summed E-state index contributed by atoms with van der Waals surface area (Å²) in [6.07, 6.45) is 4.41. The highest BCUT2D eigenvalue weighted by molar-refractivity contribution is 7.44. The molecule has 0 saturated carbocycles. The van der Waals surface area contributed by atoms with Gasteiger partial charge in [-0.1, -0.05) is 25.5 Å². The van der Waals surface area contributed by atoms with Gasteiger partial charge in [0.15, 0.2) is 0 Å². The van der Waals surface area contributed by atoms with Gasteiger partial charge in [-0.15, -0.1) is 0 Å². The lowest BCUT2D eigenvalue weighted by molar-refractivity contribution is -0.132. The zero-order valence-electron chi connectivity index (χ0n) is 24.0. The molecule has 1 saturated heterocycles. The number of carbonyl (C=O) groups excluding carboxylic acids is 3. The van der Waals surface area contributed by atoms with Gasteiger partial charge in [0.05, 0.1) is 36.3 Å². The Morgan fingerprint density at radius 2 is 1.74 bits per heavy atom. The predicted molar refractivity (Wildman–Crippen MR) is 151 cm³/mol. The lowest BCUT2D eigenvalue weighted by Crippen LogP contribution is -2.36. The van der Waals surface area contributed by atoms with Crippen molar-refractivity contribution < 1.29 is 23.4 Å². The number of nitriles is 1. The topological polar surface area (TPSA) is 103 Å². The van der Waals surface area contributed by atoms with Gasteiger partial charge in [-0.2, -0.15) is 5.26 Å². The number of amides is 3. The Hall–Kier alpha value is -2.37. The number of carbonyl (C=O) groups is 3. The maximum Gasteiger partial charge on any atom is 0.261 e. The average molecular weight is 559 g/mol. The van der Waals surface area contributed by atoms with Crippen LogP contribution in [0.25, 0.3) is 0 Å². The molecule has 0 aliphatic carbocycles. The monoisotopic (exact) mass is 558 g/mol. The maximum atomic E-state index is 13.2. The lowest BCUT2D eigenvalue weighted by Gasteiger charge is -2.36. The molecule has 0 spiro atoms. The number of nitrogens with zero attached hydrogens (tertiary/aromatic N) is 4. The van der Waals surface area contributed by atoms with Gasteiger partial charge in [0.1, 0.15) is 0 Å². The van der Waals surface area contributed by atoms with E-state index in [1.807, 2.05) is 4.90 Å². The summed E-state index contributed by atoms with van der Waals surface area (Å²) in [4.78, 5) is 41.5. The summed E-state index contributed by atoms with van der Waals surface area (Å²) >= 11 is 0. The molecule has 2 aliphatic heterocycles. The Bertz CT molecular complexity index is 1000. The van der Waals surface area contributed by atoms with Gasteiger partial charge in [0.25, 0.3) is 20.3 Å². The fraction of sp³-hybridized carbons (Fsp3) is 0.655. The number of rotatable bonds is 15. The molecule has 39 heavy (non-hydrogen) atoms. The van der Waals surface area contributed by atoms with Gasteiger partial charge in [0, 0.05) is 37.6 Å². The van der Waals surface area contributed by atoms with Crippen LogP contribution in [0.1, 0.15) is 100 Å². The molecule has 3 amide bonds. The zero-order chi connectivity index (χ0) is 28.5. The molecule has 3 atom stereocenters. The van der Waals surface area contributed by atoms with E-state index in [2.05, 4.69) is 45.4 Å². The van der Waals surface area contributed by atoms with E-state index < -0.39 is 8.53 Å². The van der Waals surface area contributed by atoms with Crippen LogP contribution in [-0.4, -0.2) is 76.1 Å². The van der Waals surface area contributed by atoms with Crippen LogP contribution in [0.15, 0.2) is 24.3 Å². The summed E-state index contributed by atoms with van der Waals surface area (Å²) in [6.45, 7) is 11.8. The van der Waals surface area contributed by atoms with Gasteiger partial charge >= 0.3 is 0 Å². The largest absolute Gasteiger partial charge is 0.337 e. The molecule has 2 heterocycles. The maximum absolute atomic E-state index is 13.2. The molecule has 1 aromatic rings. The highest BCUT2D eigenvalue weighted by Crippen LogP contribution is 2.48. The SMILES string of the molecule is CC[C@@H]1C[C@@H](OP(OCCC#N)N(C(C)C)C(C)C)CN1C(=O)CCCCCN1C(=O)c2ccccc2C1=O. The van der Waals surface area contributed by atoms with E-state index in [0.29, 0.717) is 56.5 Å². The van der Waals surface area contributed by atoms with Crippen molar-refractivity contribution in [3.8, 4) is 6.07 Å². The number of unbranched alkanes of at least 4 members (excludes halogenated alkanes) is 2. The van der Waals surface area contributed by atoms with Crippen LogP contribution in [-0.2, 0) is 13.8 Å². The van der Waals surface area contributed by atoms with E-state index in [1.165, 1.54) is 4.90 Å². The third-order valence-electron chi connectivity index (χ3n) is 7.22. The van der Waals surface area contributed by atoms with Crippen molar-refractivity contribution >= 4 is 26.2 Å². The van der Waals surface area contributed by atoms with Gasteiger partial charge in [-0.25, -0.2) is 4.67 Å². The van der Waals surface area contributed by atoms with E-state index >= 15 is 0 Å². The molecular weight excluding hydrogens is 515 g/mol. The van der Waals surface area contributed by atoms with E-state index in [4.69, 9.17) is 14.3 Å². The first-order valence-corrected chi connectivity index (χ1v) is 15.3. The first-order valence-electron chi connectivity index (χ1n) is 14.2. The van der Waals surface area contributed by atoms with E-state index in [9.17, 15) is 14.4 Å². The summed E-state index contributed by atoms with van der Waals surface area (Å²) in [5, 5.41) is 8.95. The Labute approximate surface area is 234 Å².